The van der Waals surface area contributed by atoms with Gasteiger partial charge in [0.25, 0.3) is 0 Å². The van der Waals surface area contributed by atoms with Crippen molar-refractivity contribution < 1.29 is 9.53 Å². The third-order valence-corrected chi connectivity index (χ3v) is 5.77. The van der Waals surface area contributed by atoms with E-state index in [-0.39, 0.29) is 12.0 Å². The molecule has 1 aromatic carbocycles. The molecule has 0 radical (unpaired) electrons. The van der Waals surface area contributed by atoms with E-state index < -0.39 is 0 Å². The summed E-state index contributed by atoms with van der Waals surface area (Å²) in [6.45, 7) is 8.97. The van der Waals surface area contributed by atoms with Crippen molar-refractivity contribution >= 4 is 5.91 Å². The quantitative estimate of drug-likeness (QED) is 0.624. The van der Waals surface area contributed by atoms with E-state index in [4.69, 9.17) is 4.74 Å². The molecule has 0 bridgehead atoms. The fourth-order valence-electron chi connectivity index (χ4n) is 4.37. The molecule has 0 aliphatic heterocycles. The molecule has 1 fully saturated rings. The van der Waals surface area contributed by atoms with Gasteiger partial charge in [-0.15, -0.1) is 0 Å². The first kappa shape index (κ1) is 22.3. The number of aryl methyl sites for hydroxylation is 2. The Hall–Kier alpha value is -2.36. The van der Waals surface area contributed by atoms with E-state index in [1.807, 2.05) is 26.0 Å². The molecule has 0 atom stereocenters. The molecule has 0 saturated heterocycles. The van der Waals surface area contributed by atoms with Gasteiger partial charge in [-0.25, -0.2) is 4.98 Å². The highest BCUT2D eigenvalue weighted by Gasteiger charge is 2.23. The van der Waals surface area contributed by atoms with Gasteiger partial charge in [0.1, 0.15) is 6.10 Å². The summed E-state index contributed by atoms with van der Waals surface area (Å²) in [5.74, 6) is 1.89. The van der Waals surface area contributed by atoms with Gasteiger partial charge in [0.15, 0.2) is 0 Å². The third-order valence-electron chi connectivity index (χ3n) is 5.77. The average Bonchev–Trinajstić information content (AvgIpc) is 2.68. The molecule has 1 aliphatic rings. The van der Waals surface area contributed by atoms with Gasteiger partial charge in [-0.3, -0.25) is 4.79 Å². The zero-order chi connectivity index (χ0) is 21.5. The van der Waals surface area contributed by atoms with E-state index in [1.54, 1.807) is 6.20 Å². The van der Waals surface area contributed by atoms with Crippen molar-refractivity contribution in [2.45, 2.75) is 78.9 Å². The number of carbonyl (C=O) groups excluding carboxylic acids is 1. The van der Waals surface area contributed by atoms with E-state index in [0.717, 1.165) is 24.3 Å². The predicted octanol–water partition coefficient (Wildman–Crippen LogP) is 5.54. The van der Waals surface area contributed by atoms with E-state index in [0.29, 0.717) is 24.8 Å². The van der Waals surface area contributed by atoms with Crippen molar-refractivity contribution in [2.75, 3.05) is 0 Å². The lowest BCUT2D eigenvalue weighted by Gasteiger charge is -2.29. The topological polar surface area (TPSA) is 51.2 Å². The van der Waals surface area contributed by atoms with Crippen LogP contribution in [-0.4, -0.2) is 17.0 Å². The SMILES string of the molecule is Cc1cc(C)cc(CC2CCC(Oc3ccc(CNC(=O)CC(C)C)cn3)CC2)c1. The first-order valence-corrected chi connectivity index (χ1v) is 11.3. The Balaban J connectivity index is 1.42. The molecule has 162 valence electrons. The van der Waals surface area contributed by atoms with E-state index in [2.05, 4.69) is 42.3 Å². The summed E-state index contributed by atoms with van der Waals surface area (Å²) >= 11 is 0. The molecular weight excluding hydrogens is 372 g/mol. The third kappa shape index (κ3) is 7.16. The lowest BCUT2D eigenvalue weighted by molar-refractivity contribution is -0.121. The maximum atomic E-state index is 11.8. The molecule has 1 saturated carbocycles. The van der Waals surface area contributed by atoms with Crippen molar-refractivity contribution in [3.05, 3.63) is 58.8 Å². The number of hydrogen-bond acceptors (Lipinski definition) is 3. The minimum absolute atomic E-state index is 0.0860. The number of hydrogen-bond donors (Lipinski definition) is 1. The largest absolute Gasteiger partial charge is 0.474 e. The minimum atomic E-state index is 0.0860. The fourth-order valence-corrected chi connectivity index (χ4v) is 4.37. The van der Waals surface area contributed by atoms with Crippen molar-refractivity contribution in [3.8, 4) is 5.88 Å². The number of amides is 1. The molecular formula is C26H36N2O2. The molecule has 0 unspecified atom stereocenters. The summed E-state index contributed by atoms with van der Waals surface area (Å²) in [6, 6.07) is 10.8. The molecule has 1 aliphatic carbocycles. The lowest BCUT2D eigenvalue weighted by atomic mass is 9.83. The summed E-state index contributed by atoms with van der Waals surface area (Å²) in [5, 5.41) is 2.94. The number of pyridine rings is 1. The first-order valence-electron chi connectivity index (χ1n) is 11.3. The van der Waals surface area contributed by atoms with Crippen LogP contribution in [0.2, 0.25) is 0 Å². The monoisotopic (exact) mass is 408 g/mol. The number of aromatic nitrogens is 1. The van der Waals surface area contributed by atoms with Gasteiger partial charge in [0.05, 0.1) is 0 Å². The van der Waals surface area contributed by atoms with Crippen LogP contribution in [0.5, 0.6) is 5.88 Å². The predicted molar refractivity (Wildman–Crippen MR) is 122 cm³/mol. The number of ether oxygens (including phenoxy) is 1. The number of rotatable bonds is 8. The molecule has 1 amide bonds. The van der Waals surface area contributed by atoms with Crippen LogP contribution in [0.1, 0.15) is 68.2 Å². The number of carbonyl (C=O) groups is 1. The van der Waals surface area contributed by atoms with Crippen molar-refractivity contribution in [3.63, 3.8) is 0 Å². The second kappa shape index (κ2) is 10.6. The van der Waals surface area contributed by atoms with Crippen LogP contribution in [0.15, 0.2) is 36.5 Å². The highest BCUT2D eigenvalue weighted by atomic mass is 16.5. The standard InChI is InChI=1S/C26H36N2O2/c1-18(2)11-25(29)27-16-22-7-10-26(28-17-22)30-24-8-5-21(6-9-24)15-23-13-19(3)12-20(4)14-23/h7,10,12-14,17-18,21,24H,5-6,8-9,11,15-16H2,1-4H3,(H,27,29). The van der Waals surface area contributed by atoms with E-state index in [1.165, 1.54) is 36.0 Å². The van der Waals surface area contributed by atoms with Gasteiger partial charge in [-0.2, -0.15) is 0 Å². The smallest absolute Gasteiger partial charge is 0.220 e. The maximum Gasteiger partial charge on any atom is 0.220 e. The maximum absolute atomic E-state index is 11.8. The molecule has 2 aromatic rings. The summed E-state index contributed by atoms with van der Waals surface area (Å²) in [7, 11) is 0. The average molecular weight is 409 g/mol. The van der Waals surface area contributed by atoms with Crippen LogP contribution in [0.4, 0.5) is 0 Å². The van der Waals surface area contributed by atoms with Crippen molar-refractivity contribution in [1.82, 2.24) is 10.3 Å². The number of benzene rings is 1. The molecule has 1 aromatic heterocycles. The first-order chi connectivity index (χ1) is 14.4. The van der Waals surface area contributed by atoms with Crippen LogP contribution in [0.3, 0.4) is 0 Å². The zero-order valence-electron chi connectivity index (χ0n) is 18.9. The summed E-state index contributed by atoms with van der Waals surface area (Å²) in [4.78, 5) is 16.2. The Morgan fingerprint density at radius 1 is 1.07 bits per heavy atom. The molecule has 1 heterocycles. The van der Waals surface area contributed by atoms with Gasteiger partial charge in [0, 0.05) is 25.2 Å². The molecule has 30 heavy (non-hydrogen) atoms. The molecule has 0 spiro atoms. The van der Waals surface area contributed by atoms with Crippen LogP contribution < -0.4 is 10.1 Å². The Kier molecular flexibility index (Phi) is 7.89. The molecule has 4 heteroatoms. The Morgan fingerprint density at radius 2 is 1.77 bits per heavy atom. The Morgan fingerprint density at radius 3 is 2.37 bits per heavy atom. The second-order valence-electron chi connectivity index (χ2n) is 9.34. The van der Waals surface area contributed by atoms with Crippen molar-refractivity contribution in [2.24, 2.45) is 11.8 Å². The van der Waals surface area contributed by atoms with Crippen molar-refractivity contribution in [1.29, 1.82) is 0 Å². The van der Waals surface area contributed by atoms with Gasteiger partial charge < -0.3 is 10.1 Å². The van der Waals surface area contributed by atoms with Gasteiger partial charge in [-0.1, -0.05) is 49.2 Å². The van der Waals surface area contributed by atoms with Gasteiger partial charge in [0.2, 0.25) is 11.8 Å². The highest BCUT2D eigenvalue weighted by Crippen LogP contribution is 2.30. The van der Waals surface area contributed by atoms with Crippen LogP contribution >= 0.6 is 0 Å². The number of nitrogens with one attached hydrogen (secondary N) is 1. The molecule has 3 rings (SSSR count). The van der Waals surface area contributed by atoms with Crippen LogP contribution in [0, 0.1) is 25.7 Å². The normalized spacial score (nSPS) is 19.0. The zero-order valence-corrected chi connectivity index (χ0v) is 18.9. The van der Waals surface area contributed by atoms with Crippen LogP contribution in [-0.2, 0) is 17.8 Å². The van der Waals surface area contributed by atoms with E-state index in [9.17, 15) is 4.79 Å². The summed E-state index contributed by atoms with van der Waals surface area (Å²) in [5.41, 5.74) is 5.18. The van der Waals surface area contributed by atoms with E-state index >= 15 is 0 Å². The van der Waals surface area contributed by atoms with Crippen LogP contribution in [0.25, 0.3) is 0 Å². The molecule has 1 N–H and O–H groups in total. The van der Waals surface area contributed by atoms with Gasteiger partial charge >= 0.3 is 0 Å². The summed E-state index contributed by atoms with van der Waals surface area (Å²) in [6.07, 6.45) is 8.37. The Bertz CT molecular complexity index is 801. The minimum Gasteiger partial charge on any atom is -0.474 e. The Labute approximate surface area is 181 Å². The second-order valence-corrected chi connectivity index (χ2v) is 9.34. The fraction of sp³-hybridized carbons (Fsp3) is 0.538. The molecule has 4 nitrogen and oxygen atoms in total. The highest BCUT2D eigenvalue weighted by molar-refractivity contribution is 5.76. The lowest BCUT2D eigenvalue weighted by Crippen LogP contribution is -2.25. The van der Waals surface area contributed by atoms with Gasteiger partial charge in [-0.05, 0) is 68.9 Å². The number of nitrogens with zero attached hydrogens (tertiary/aromatic N) is 1. The summed E-state index contributed by atoms with van der Waals surface area (Å²) < 4.78 is 6.13.